The Kier molecular flexibility index (Phi) is 5.00. The molecule has 1 aromatic carbocycles. The van der Waals surface area contributed by atoms with Gasteiger partial charge in [0.1, 0.15) is 6.04 Å². The molecule has 1 rings (SSSR count). The van der Waals surface area contributed by atoms with Gasteiger partial charge in [-0.1, -0.05) is 0 Å². The lowest BCUT2D eigenvalue weighted by Crippen LogP contribution is -2.32. The number of hydrogen-bond acceptors (Lipinski definition) is 5. The highest BCUT2D eigenvalue weighted by atomic mass is 16.5. The molecule has 0 aliphatic heterocycles. The van der Waals surface area contributed by atoms with Gasteiger partial charge in [0.25, 0.3) is 0 Å². The van der Waals surface area contributed by atoms with E-state index in [-0.39, 0.29) is 0 Å². The summed E-state index contributed by atoms with van der Waals surface area (Å²) < 4.78 is 15.7. The fourth-order valence-corrected chi connectivity index (χ4v) is 1.98. The van der Waals surface area contributed by atoms with Crippen molar-refractivity contribution in [2.24, 2.45) is 5.73 Å². The summed E-state index contributed by atoms with van der Waals surface area (Å²) in [6, 6.07) is 2.88. The lowest BCUT2D eigenvalue weighted by Gasteiger charge is -2.23. The number of benzene rings is 1. The van der Waals surface area contributed by atoms with Crippen molar-refractivity contribution in [3.8, 4) is 17.2 Å². The summed E-state index contributed by atoms with van der Waals surface area (Å²) in [6.45, 7) is 0. The topological polar surface area (TPSA) is 74.0 Å². The van der Waals surface area contributed by atoms with Gasteiger partial charge >= 0.3 is 0 Å². The van der Waals surface area contributed by atoms with Gasteiger partial charge in [-0.15, -0.1) is 0 Å². The molecule has 0 aliphatic carbocycles. The Morgan fingerprint density at radius 2 is 1.58 bits per heavy atom. The Hall–Kier alpha value is -1.95. The molecule has 0 aromatic heterocycles. The van der Waals surface area contributed by atoms with Gasteiger partial charge < -0.3 is 19.9 Å². The van der Waals surface area contributed by atoms with Crippen molar-refractivity contribution >= 4 is 5.91 Å². The van der Waals surface area contributed by atoms with E-state index in [1.807, 2.05) is 0 Å². The van der Waals surface area contributed by atoms with E-state index < -0.39 is 11.9 Å². The third-order valence-electron chi connectivity index (χ3n) is 2.79. The molecule has 1 unspecified atom stereocenters. The zero-order chi connectivity index (χ0) is 14.6. The van der Waals surface area contributed by atoms with E-state index in [1.54, 1.807) is 31.1 Å². The van der Waals surface area contributed by atoms with Crippen LogP contribution in [0.1, 0.15) is 11.6 Å². The molecule has 6 nitrogen and oxygen atoms in total. The van der Waals surface area contributed by atoms with Gasteiger partial charge in [0.05, 0.1) is 21.3 Å². The Labute approximate surface area is 113 Å². The van der Waals surface area contributed by atoms with Crippen molar-refractivity contribution in [1.82, 2.24) is 4.90 Å². The normalized spacial score (nSPS) is 12.1. The first kappa shape index (κ1) is 15.1. The second-order valence-corrected chi connectivity index (χ2v) is 4.23. The van der Waals surface area contributed by atoms with Gasteiger partial charge in [-0.25, -0.2) is 0 Å². The molecule has 1 amide bonds. The second kappa shape index (κ2) is 6.29. The summed E-state index contributed by atoms with van der Waals surface area (Å²) in [4.78, 5) is 13.3. The fourth-order valence-electron chi connectivity index (χ4n) is 1.98. The number of hydrogen-bond donors (Lipinski definition) is 1. The molecule has 106 valence electrons. The first-order valence-electron chi connectivity index (χ1n) is 5.71. The molecule has 1 aromatic rings. The molecule has 0 saturated carbocycles. The lowest BCUT2D eigenvalue weighted by atomic mass is 10.0. The van der Waals surface area contributed by atoms with Gasteiger partial charge in [-0.05, 0) is 31.8 Å². The number of amides is 1. The maximum atomic E-state index is 11.6. The van der Waals surface area contributed by atoms with Crippen molar-refractivity contribution in [3.05, 3.63) is 17.7 Å². The summed E-state index contributed by atoms with van der Waals surface area (Å²) in [7, 11) is 8.13. The standard InChI is InChI=1S/C13H20N2O4/c1-15(2)11(13(14)16)8-6-9(17-3)12(19-5)10(7-8)18-4/h6-7,11H,1-5H3,(H2,14,16). The third kappa shape index (κ3) is 3.08. The van der Waals surface area contributed by atoms with Crippen LogP contribution in [0.25, 0.3) is 0 Å². The van der Waals surface area contributed by atoms with E-state index in [0.717, 1.165) is 0 Å². The number of rotatable bonds is 6. The highest BCUT2D eigenvalue weighted by Crippen LogP contribution is 2.40. The Morgan fingerprint density at radius 3 is 1.84 bits per heavy atom. The van der Waals surface area contributed by atoms with Crippen molar-refractivity contribution < 1.29 is 19.0 Å². The number of nitrogens with two attached hydrogens (primary N) is 1. The molecule has 2 N–H and O–H groups in total. The van der Waals surface area contributed by atoms with Gasteiger partial charge in [0, 0.05) is 0 Å². The molecule has 0 radical (unpaired) electrons. The Bertz CT molecular complexity index is 435. The van der Waals surface area contributed by atoms with Crippen LogP contribution < -0.4 is 19.9 Å². The lowest BCUT2D eigenvalue weighted by molar-refractivity contribution is -0.122. The molecule has 0 spiro atoms. The van der Waals surface area contributed by atoms with E-state index in [9.17, 15) is 4.79 Å². The molecule has 0 bridgehead atoms. The average molecular weight is 268 g/mol. The number of nitrogens with zero attached hydrogens (tertiary/aromatic N) is 1. The summed E-state index contributed by atoms with van der Waals surface area (Å²) in [5.74, 6) is 1.02. The van der Waals surface area contributed by atoms with Crippen molar-refractivity contribution in [1.29, 1.82) is 0 Å². The van der Waals surface area contributed by atoms with E-state index in [4.69, 9.17) is 19.9 Å². The van der Waals surface area contributed by atoms with E-state index >= 15 is 0 Å². The van der Waals surface area contributed by atoms with Crippen LogP contribution in [-0.4, -0.2) is 46.2 Å². The van der Waals surface area contributed by atoms with E-state index in [0.29, 0.717) is 22.8 Å². The predicted octanol–water partition coefficient (Wildman–Crippen LogP) is 0.800. The quantitative estimate of drug-likeness (QED) is 0.826. The zero-order valence-corrected chi connectivity index (χ0v) is 11.9. The largest absolute Gasteiger partial charge is 0.493 e. The van der Waals surface area contributed by atoms with Crippen LogP contribution in [-0.2, 0) is 4.79 Å². The van der Waals surface area contributed by atoms with Gasteiger partial charge in [-0.2, -0.15) is 0 Å². The number of likely N-dealkylation sites (N-methyl/N-ethyl adjacent to an activating group) is 1. The van der Waals surface area contributed by atoms with E-state index in [2.05, 4.69) is 0 Å². The van der Waals surface area contributed by atoms with Crippen molar-refractivity contribution in [2.45, 2.75) is 6.04 Å². The minimum Gasteiger partial charge on any atom is -0.493 e. The van der Waals surface area contributed by atoms with Crippen LogP contribution in [0.4, 0.5) is 0 Å². The van der Waals surface area contributed by atoms with E-state index in [1.165, 1.54) is 21.3 Å². The number of ether oxygens (including phenoxy) is 3. The average Bonchev–Trinajstić information content (AvgIpc) is 2.36. The number of carbonyl (C=O) groups is 1. The highest BCUT2D eigenvalue weighted by Gasteiger charge is 2.24. The van der Waals surface area contributed by atoms with Gasteiger partial charge in [0.2, 0.25) is 11.7 Å². The first-order chi connectivity index (χ1) is 8.96. The van der Waals surface area contributed by atoms with Crippen LogP contribution >= 0.6 is 0 Å². The Morgan fingerprint density at radius 1 is 1.11 bits per heavy atom. The third-order valence-corrected chi connectivity index (χ3v) is 2.79. The highest BCUT2D eigenvalue weighted by molar-refractivity contribution is 5.82. The maximum Gasteiger partial charge on any atom is 0.239 e. The minimum atomic E-state index is -0.561. The molecule has 0 aliphatic rings. The van der Waals surface area contributed by atoms with Crippen molar-refractivity contribution in [2.75, 3.05) is 35.4 Å². The molecular formula is C13H20N2O4. The maximum absolute atomic E-state index is 11.6. The molecule has 0 saturated heterocycles. The first-order valence-corrected chi connectivity index (χ1v) is 5.71. The molecule has 0 fully saturated rings. The molecule has 19 heavy (non-hydrogen) atoms. The van der Waals surface area contributed by atoms with Gasteiger partial charge in [-0.3, -0.25) is 9.69 Å². The fraction of sp³-hybridized carbons (Fsp3) is 0.462. The van der Waals surface area contributed by atoms with Crippen LogP contribution in [0.3, 0.4) is 0 Å². The van der Waals surface area contributed by atoms with Crippen molar-refractivity contribution in [3.63, 3.8) is 0 Å². The number of carbonyl (C=O) groups excluding carboxylic acids is 1. The molecule has 1 atom stereocenters. The molecule has 6 heteroatoms. The molecule has 0 heterocycles. The minimum absolute atomic E-state index is 0.445. The monoisotopic (exact) mass is 268 g/mol. The van der Waals surface area contributed by atoms with Crippen LogP contribution in [0.2, 0.25) is 0 Å². The van der Waals surface area contributed by atoms with Crippen LogP contribution in [0.5, 0.6) is 17.2 Å². The second-order valence-electron chi connectivity index (χ2n) is 4.23. The van der Waals surface area contributed by atoms with Crippen LogP contribution in [0.15, 0.2) is 12.1 Å². The molecular weight excluding hydrogens is 248 g/mol. The number of primary amides is 1. The van der Waals surface area contributed by atoms with Gasteiger partial charge in [0.15, 0.2) is 11.5 Å². The predicted molar refractivity (Wildman–Crippen MR) is 71.7 cm³/mol. The summed E-state index contributed by atoms with van der Waals surface area (Å²) in [5.41, 5.74) is 6.12. The summed E-state index contributed by atoms with van der Waals surface area (Å²) in [6.07, 6.45) is 0. The SMILES string of the molecule is COc1cc(C(C(N)=O)N(C)C)cc(OC)c1OC. The summed E-state index contributed by atoms with van der Waals surface area (Å²) >= 11 is 0. The number of methoxy groups -OCH3 is 3. The summed E-state index contributed by atoms with van der Waals surface area (Å²) in [5, 5.41) is 0. The zero-order valence-electron chi connectivity index (χ0n) is 11.9. The smallest absolute Gasteiger partial charge is 0.239 e. The van der Waals surface area contributed by atoms with Crippen LogP contribution in [0, 0.1) is 0 Å². The Balaban J connectivity index is 3.40.